The van der Waals surface area contributed by atoms with Gasteiger partial charge in [0.1, 0.15) is 0 Å². The Kier molecular flexibility index (Phi) is 4.78. The highest BCUT2D eigenvalue weighted by Gasteiger charge is 2.04. The van der Waals surface area contributed by atoms with Crippen LogP contribution in [0.2, 0.25) is 0 Å². The number of nitrogens with zero attached hydrogens (tertiary/aromatic N) is 2. The quantitative estimate of drug-likeness (QED) is 0.412. The first kappa shape index (κ1) is 19.2. The molecule has 3 nitrogen and oxygen atoms in total. The first-order chi connectivity index (χ1) is 16.3. The number of H-pyrrole nitrogens is 1. The number of pyridine rings is 2. The topological polar surface area (TPSA) is 41.6 Å². The van der Waals surface area contributed by atoms with Gasteiger partial charge in [0, 0.05) is 38.6 Å². The monoisotopic (exact) mass is 423 g/mol. The summed E-state index contributed by atoms with van der Waals surface area (Å²) in [6.45, 7) is 0. The Morgan fingerprint density at radius 3 is 2.09 bits per heavy atom. The van der Waals surface area contributed by atoms with Gasteiger partial charge in [0.15, 0.2) is 0 Å². The van der Waals surface area contributed by atoms with Crippen molar-refractivity contribution in [1.29, 1.82) is 0 Å². The molecule has 1 N–H and O–H groups in total. The van der Waals surface area contributed by atoms with Gasteiger partial charge in [-0.3, -0.25) is 4.98 Å². The first-order valence-corrected chi connectivity index (χ1v) is 11.0. The largest absolute Gasteiger partial charge is 0.354 e. The fourth-order valence-corrected chi connectivity index (χ4v) is 4.30. The molecule has 0 amide bonds. The van der Waals surface area contributed by atoms with Crippen LogP contribution in [-0.4, -0.2) is 15.0 Å². The average molecular weight is 424 g/mol. The Balaban J connectivity index is 1.54. The molecule has 3 aromatic heterocycles. The summed E-state index contributed by atoms with van der Waals surface area (Å²) in [7, 11) is 0. The van der Waals surface area contributed by atoms with Crippen molar-refractivity contribution in [3.05, 3.63) is 131 Å². The molecule has 6 rings (SSSR count). The summed E-state index contributed by atoms with van der Waals surface area (Å²) in [6.07, 6.45) is 6.11. The minimum Gasteiger partial charge on any atom is -0.354 e. The lowest BCUT2D eigenvalue weighted by Gasteiger charge is -2.01. The van der Waals surface area contributed by atoms with E-state index in [4.69, 9.17) is 4.98 Å². The van der Waals surface area contributed by atoms with Crippen LogP contribution in [0.4, 0.5) is 0 Å². The van der Waals surface area contributed by atoms with Crippen molar-refractivity contribution in [3.8, 4) is 11.3 Å². The molecule has 33 heavy (non-hydrogen) atoms. The van der Waals surface area contributed by atoms with Crippen LogP contribution in [0, 0.1) is 0 Å². The first-order valence-electron chi connectivity index (χ1n) is 11.0. The standard InChI is InChI=1S/C30H21N3/c1-2-10-22(11-3-1)27-16-8-12-23(32-27)19-29-25-14-6-7-15-26(25)30(33-29)20-28-24-13-5-4-9-21(24)17-18-31-28/h1-20,33H/b29-19-,30-20-. The zero-order valence-corrected chi connectivity index (χ0v) is 17.9. The SMILES string of the molecule is C(/c1cccc(-c2ccccc2)n1)=c1/[nH]/c(=C\c2nccc3ccccc23)c2ccccc12. The third kappa shape index (κ3) is 3.70. The van der Waals surface area contributed by atoms with Gasteiger partial charge < -0.3 is 4.98 Å². The summed E-state index contributed by atoms with van der Waals surface area (Å²) in [4.78, 5) is 13.1. The van der Waals surface area contributed by atoms with Crippen molar-refractivity contribution in [2.75, 3.05) is 0 Å². The van der Waals surface area contributed by atoms with Gasteiger partial charge in [-0.1, -0.05) is 84.9 Å². The van der Waals surface area contributed by atoms with Crippen LogP contribution in [-0.2, 0) is 0 Å². The lowest BCUT2D eigenvalue weighted by molar-refractivity contribution is 1.24. The molecule has 0 atom stereocenters. The molecule has 0 aliphatic carbocycles. The van der Waals surface area contributed by atoms with Crippen LogP contribution in [0.3, 0.4) is 0 Å². The molecule has 0 aliphatic heterocycles. The fraction of sp³-hybridized carbons (Fsp3) is 0. The van der Waals surface area contributed by atoms with E-state index in [2.05, 4.69) is 88.9 Å². The van der Waals surface area contributed by atoms with Crippen LogP contribution in [0.25, 0.3) is 45.0 Å². The van der Waals surface area contributed by atoms with Gasteiger partial charge in [0.25, 0.3) is 0 Å². The van der Waals surface area contributed by atoms with E-state index in [1.165, 1.54) is 5.39 Å². The van der Waals surface area contributed by atoms with E-state index in [0.717, 1.165) is 49.5 Å². The summed E-state index contributed by atoms with van der Waals surface area (Å²) in [5.74, 6) is 0. The van der Waals surface area contributed by atoms with Crippen LogP contribution in [0.15, 0.2) is 109 Å². The van der Waals surface area contributed by atoms with Crippen molar-refractivity contribution in [1.82, 2.24) is 15.0 Å². The third-order valence-electron chi connectivity index (χ3n) is 5.89. The maximum absolute atomic E-state index is 4.88. The number of aromatic amines is 1. The minimum atomic E-state index is 0.915. The highest BCUT2D eigenvalue weighted by atomic mass is 14.7. The van der Waals surface area contributed by atoms with Gasteiger partial charge in [-0.2, -0.15) is 0 Å². The molecule has 0 saturated heterocycles. The Bertz CT molecular complexity index is 1710. The Hall–Kier alpha value is -4.50. The van der Waals surface area contributed by atoms with Gasteiger partial charge in [0.2, 0.25) is 0 Å². The van der Waals surface area contributed by atoms with E-state index < -0.39 is 0 Å². The molecule has 0 unspecified atom stereocenters. The molecule has 3 heterocycles. The maximum atomic E-state index is 4.88. The molecular weight excluding hydrogens is 402 g/mol. The van der Waals surface area contributed by atoms with Crippen LogP contribution in [0.5, 0.6) is 0 Å². The highest BCUT2D eigenvalue weighted by Crippen LogP contribution is 2.18. The predicted octanol–water partition coefficient (Wildman–Crippen LogP) is 5.44. The van der Waals surface area contributed by atoms with Crippen molar-refractivity contribution >= 4 is 33.7 Å². The molecule has 3 heteroatoms. The normalized spacial score (nSPS) is 12.6. The van der Waals surface area contributed by atoms with Crippen molar-refractivity contribution in [2.45, 2.75) is 0 Å². The van der Waals surface area contributed by atoms with E-state index in [9.17, 15) is 0 Å². The molecule has 0 aliphatic rings. The zero-order chi connectivity index (χ0) is 22.0. The molecular formula is C30H21N3. The minimum absolute atomic E-state index is 0.915. The second-order valence-electron chi connectivity index (χ2n) is 8.02. The molecule has 0 saturated carbocycles. The zero-order valence-electron chi connectivity index (χ0n) is 17.9. The van der Waals surface area contributed by atoms with Crippen molar-refractivity contribution < 1.29 is 0 Å². The van der Waals surface area contributed by atoms with E-state index >= 15 is 0 Å². The van der Waals surface area contributed by atoms with E-state index in [1.807, 2.05) is 42.6 Å². The molecule has 3 aromatic carbocycles. The molecule has 0 fully saturated rings. The second-order valence-corrected chi connectivity index (χ2v) is 8.02. The third-order valence-corrected chi connectivity index (χ3v) is 5.89. The van der Waals surface area contributed by atoms with Gasteiger partial charge in [-0.25, -0.2) is 4.98 Å². The number of benzene rings is 3. The number of aromatic nitrogens is 3. The van der Waals surface area contributed by atoms with E-state index in [0.29, 0.717) is 0 Å². The van der Waals surface area contributed by atoms with Gasteiger partial charge >= 0.3 is 0 Å². The van der Waals surface area contributed by atoms with Crippen molar-refractivity contribution in [2.24, 2.45) is 0 Å². The Labute approximate surface area is 191 Å². The fourth-order valence-electron chi connectivity index (χ4n) is 4.30. The molecule has 6 aromatic rings. The molecule has 0 spiro atoms. The number of fused-ring (bicyclic) bond motifs is 2. The smallest absolute Gasteiger partial charge is 0.0728 e. The van der Waals surface area contributed by atoms with Gasteiger partial charge in [-0.05, 0) is 35.7 Å². The number of hydrogen-bond donors (Lipinski definition) is 1. The summed E-state index contributed by atoms with van der Waals surface area (Å²) >= 11 is 0. The molecule has 0 radical (unpaired) electrons. The predicted molar refractivity (Wildman–Crippen MR) is 136 cm³/mol. The lowest BCUT2D eigenvalue weighted by Crippen LogP contribution is -2.10. The van der Waals surface area contributed by atoms with Crippen LogP contribution < -0.4 is 10.7 Å². The number of hydrogen-bond acceptors (Lipinski definition) is 2. The average Bonchev–Trinajstić information content (AvgIpc) is 3.22. The summed E-state index contributed by atoms with van der Waals surface area (Å²) in [6, 6.07) is 35.2. The maximum Gasteiger partial charge on any atom is 0.0728 e. The summed E-state index contributed by atoms with van der Waals surface area (Å²) in [5.41, 5.74) is 3.95. The Morgan fingerprint density at radius 2 is 1.27 bits per heavy atom. The number of rotatable bonds is 3. The van der Waals surface area contributed by atoms with E-state index in [1.54, 1.807) is 0 Å². The summed E-state index contributed by atoms with van der Waals surface area (Å²) in [5, 5.41) is 6.73. The van der Waals surface area contributed by atoms with Gasteiger partial charge in [0.05, 0.1) is 17.1 Å². The molecule has 156 valence electrons. The van der Waals surface area contributed by atoms with Crippen molar-refractivity contribution in [3.63, 3.8) is 0 Å². The molecule has 0 bridgehead atoms. The number of nitrogens with one attached hydrogen (secondary N) is 1. The Morgan fingerprint density at radius 1 is 0.576 bits per heavy atom. The lowest BCUT2D eigenvalue weighted by atomic mass is 10.1. The van der Waals surface area contributed by atoms with Gasteiger partial charge in [-0.15, -0.1) is 0 Å². The summed E-state index contributed by atoms with van der Waals surface area (Å²) < 4.78 is 0. The van der Waals surface area contributed by atoms with Crippen LogP contribution in [0.1, 0.15) is 11.4 Å². The van der Waals surface area contributed by atoms with E-state index in [-0.39, 0.29) is 0 Å². The van der Waals surface area contributed by atoms with Crippen LogP contribution >= 0.6 is 0 Å². The second kappa shape index (κ2) is 8.21. The highest BCUT2D eigenvalue weighted by molar-refractivity contribution is 5.91.